The van der Waals surface area contributed by atoms with Gasteiger partial charge in [-0.1, -0.05) is 188 Å². The molecule has 0 spiro atoms. The van der Waals surface area contributed by atoms with Crippen molar-refractivity contribution in [3.05, 3.63) is 204 Å². The van der Waals surface area contributed by atoms with E-state index in [1.165, 1.54) is 81.5 Å². The van der Waals surface area contributed by atoms with Crippen molar-refractivity contribution in [2.75, 3.05) is 0 Å². The second kappa shape index (κ2) is 13.9. The van der Waals surface area contributed by atoms with Crippen LogP contribution in [0.15, 0.2) is 200 Å². The largest absolute Gasteiger partial charge is 0.0622 e. The summed E-state index contributed by atoms with van der Waals surface area (Å²) in [5.74, 6) is 0. The van der Waals surface area contributed by atoms with E-state index in [0.29, 0.717) is 0 Å². The molecule has 0 aliphatic rings. The fourth-order valence-corrected chi connectivity index (χ4v) is 7.34. The third-order valence-corrected chi connectivity index (χ3v) is 9.88. The monoisotopic (exact) mass is 736 g/mol. The lowest BCUT2D eigenvalue weighted by atomic mass is 9.74. The lowest BCUT2D eigenvalue weighted by molar-refractivity contribution is 1.51. The predicted octanol–water partition coefficient (Wildman–Crippen LogP) is 14.0. The Kier molecular flexibility index (Phi) is 8.75. The zero-order valence-electron chi connectivity index (χ0n) is 26.9. The first-order valence-corrected chi connectivity index (χ1v) is 17.7. The Labute approximate surface area is 302 Å². The average molecular weight is 737 g/mol. The summed E-state index contributed by atoms with van der Waals surface area (Å²) in [6.07, 6.45) is 0. The fourth-order valence-electron chi connectivity index (χ4n) is 6.98. The molecular formula is C48H33I. The molecule has 1 heteroatoms. The van der Waals surface area contributed by atoms with Gasteiger partial charge < -0.3 is 0 Å². The minimum Gasteiger partial charge on any atom is -0.0622 e. The van der Waals surface area contributed by atoms with Gasteiger partial charge in [0, 0.05) is 3.57 Å². The van der Waals surface area contributed by atoms with E-state index in [2.05, 4.69) is 223 Å². The molecule has 0 atom stereocenters. The SMILES string of the molecule is Ic1ccc(-c2ccc(-c3c(-c4ccccc4)c(-c4ccccc4)c(-c4ccccc4)c(-c4ccccc4)c3-c3ccccc3)cc2)cc1. The Bertz CT molecular complexity index is 2210. The standard InChI is InChI=1S/C48H33I/c49-42-32-30-35(31-33-42)34-26-28-41(29-27-34)48-46(39-22-12-4-13-23-39)44(37-18-8-2-9-19-37)43(36-16-6-1-7-17-36)45(38-20-10-3-11-21-38)47(48)40-24-14-5-15-25-40/h1-33H. The van der Waals surface area contributed by atoms with E-state index in [4.69, 9.17) is 0 Å². The summed E-state index contributed by atoms with van der Waals surface area (Å²) in [6.45, 7) is 0. The number of rotatable bonds is 7. The van der Waals surface area contributed by atoms with Crippen LogP contribution in [0, 0.1) is 3.57 Å². The fraction of sp³-hybridized carbons (Fsp3) is 0. The van der Waals surface area contributed by atoms with E-state index in [-0.39, 0.29) is 0 Å². The Morgan fingerprint density at radius 2 is 0.367 bits per heavy atom. The van der Waals surface area contributed by atoms with Crippen LogP contribution in [0.25, 0.3) is 77.9 Å². The van der Waals surface area contributed by atoms with Gasteiger partial charge in [-0.15, -0.1) is 0 Å². The van der Waals surface area contributed by atoms with Crippen molar-refractivity contribution in [3.8, 4) is 77.9 Å². The van der Waals surface area contributed by atoms with Gasteiger partial charge in [-0.3, -0.25) is 0 Å². The molecule has 0 bridgehead atoms. The highest BCUT2D eigenvalue weighted by molar-refractivity contribution is 14.1. The molecule has 8 aromatic rings. The molecule has 8 aromatic carbocycles. The zero-order chi connectivity index (χ0) is 33.0. The molecule has 232 valence electrons. The van der Waals surface area contributed by atoms with Crippen molar-refractivity contribution in [2.45, 2.75) is 0 Å². The number of benzene rings is 8. The summed E-state index contributed by atoms with van der Waals surface area (Å²) in [5, 5.41) is 0. The highest BCUT2D eigenvalue weighted by Gasteiger charge is 2.28. The quantitative estimate of drug-likeness (QED) is 0.143. The van der Waals surface area contributed by atoms with Gasteiger partial charge in [0.15, 0.2) is 0 Å². The Hall–Kier alpha value is -5.51. The molecule has 0 nitrogen and oxygen atoms in total. The first-order chi connectivity index (χ1) is 24.3. The maximum atomic E-state index is 2.37. The molecular weight excluding hydrogens is 703 g/mol. The third-order valence-electron chi connectivity index (χ3n) is 9.16. The highest BCUT2D eigenvalue weighted by Crippen LogP contribution is 2.55. The summed E-state index contributed by atoms with van der Waals surface area (Å²) in [6, 6.07) is 72.6. The molecule has 0 saturated carbocycles. The minimum atomic E-state index is 1.18. The summed E-state index contributed by atoms with van der Waals surface area (Å²) in [7, 11) is 0. The maximum Gasteiger partial charge on any atom is 0.0130 e. The highest BCUT2D eigenvalue weighted by atomic mass is 127. The molecule has 8 rings (SSSR count). The molecule has 49 heavy (non-hydrogen) atoms. The van der Waals surface area contributed by atoms with Crippen molar-refractivity contribution in [2.24, 2.45) is 0 Å². The molecule has 0 unspecified atom stereocenters. The smallest absolute Gasteiger partial charge is 0.0130 e. The van der Waals surface area contributed by atoms with E-state index in [1.54, 1.807) is 0 Å². The van der Waals surface area contributed by atoms with Crippen molar-refractivity contribution in [1.29, 1.82) is 0 Å². The van der Waals surface area contributed by atoms with E-state index in [1.807, 2.05) is 0 Å². The third kappa shape index (κ3) is 6.14. The van der Waals surface area contributed by atoms with E-state index < -0.39 is 0 Å². The van der Waals surface area contributed by atoms with Gasteiger partial charge in [0.2, 0.25) is 0 Å². The van der Waals surface area contributed by atoms with Crippen LogP contribution >= 0.6 is 22.6 Å². The van der Waals surface area contributed by atoms with Crippen molar-refractivity contribution < 1.29 is 0 Å². The molecule has 0 amide bonds. The topological polar surface area (TPSA) is 0 Å². The van der Waals surface area contributed by atoms with Gasteiger partial charge >= 0.3 is 0 Å². The van der Waals surface area contributed by atoms with Gasteiger partial charge in [-0.25, -0.2) is 0 Å². The van der Waals surface area contributed by atoms with Crippen molar-refractivity contribution in [3.63, 3.8) is 0 Å². The molecule has 0 N–H and O–H groups in total. The summed E-state index contributed by atoms with van der Waals surface area (Å²) in [5.41, 5.74) is 16.9. The van der Waals surface area contributed by atoms with E-state index >= 15 is 0 Å². The Balaban J connectivity index is 1.59. The van der Waals surface area contributed by atoms with Crippen molar-refractivity contribution in [1.82, 2.24) is 0 Å². The van der Waals surface area contributed by atoms with E-state index in [0.717, 1.165) is 0 Å². The first-order valence-electron chi connectivity index (χ1n) is 16.6. The van der Waals surface area contributed by atoms with Crippen LogP contribution in [0.2, 0.25) is 0 Å². The van der Waals surface area contributed by atoms with Crippen LogP contribution in [0.3, 0.4) is 0 Å². The Morgan fingerprint density at radius 3 is 0.612 bits per heavy atom. The molecule has 0 aromatic heterocycles. The van der Waals surface area contributed by atoms with Crippen LogP contribution < -0.4 is 0 Å². The first kappa shape index (κ1) is 30.8. The van der Waals surface area contributed by atoms with Crippen molar-refractivity contribution >= 4 is 22.6 Å². The van der Waals surface area contributed by atoms with Crippen LogP contribution in [0.1, 0.15) is 0 Å². The van der Waals surface area contributed by atoms with Crippen LogP contribution in [-0.4, -0.2) is 0 Å². The predicted molar refractivity (Wildman–Crippen MR) is 217 cm³/mol. The lowest BCUT2D eigenvalue weighted by Gasteiger charge is -2.28. The normalized spacial score (nSPS) is 11.0. The van der Waals surface area contributed by atoms with Gasteiger partial charge in [-0.05, 0) is 113 Å². The Morgan fingerprint density at radius 1 is 0.184 bits per heavy atom. The van der Waals surface area contributed by atoms with Gasteiger partial charge in [0.1, 0.15) is 0 Å². The average Bonchev–Trinajstić information content (AvgIpc) is 3.19. The number of hydrogen-bond donors (Lipinski definition) is 0. The molecule has 0 saturated heterocycles. The number of hydrogen-bond acceptors (Lipinski definition) is 0. The summed E-state index contributed by atoms with van der Waals surface area (Å²) < 4.78 is 1.23. The maximum absolute atomic E-state index is 2.37. The second-order valence-electron chi connectivity index (χ2n) is 12.2. The van der Waals surface area contributed by atoms with Crippen LogP contribution in [0.5, 0.6) is 0 Å². The lowest BCUT2D eigenvalue weighted by Crippen LogP contribution is -2.02. The molecule has 0 aliphatic heterocycles. The second-order valence-corrected chi connectivity index (χ2v) is 13.4. The van der Waals surface area contributed by atoms with Crippen LogP contribution in [-0.2, 0) is 0 Å². The van der Waals surface area contributed by atoms with Gasteiger partial charge in [0.05, 0.1) is 0 Å². The summed E-state index contributed by atoms with van der Waals surface area (Å²) in [4.78, 5) is 0. The molecule has 0 heterocycles. The van der Waals surface area contributed by atoms with E-state index in [9.17, 15) is 0 Å². The molecule has 0 fully saturated rings. The zero-order valence-corrected chi connectivity index (χ0v) is 29.1. The van der Waals surface area contributed by atoms with Gasteiger partial charge in [-0.2, -0.15) is 0 Å². The number of halogens is 1. The molecule has 0 aliphatic carbocycles. The molecule has 0 radical (unpaired) electrons. The minimum absolute atomic E-state index is 1.18. The summed E-state index contributed by atoms with van der Waals surface area (Å²) >= 11 is 2.37. The van der Waals surface area contributed by atoms with Gasteiger partial charge in [0.25, 0.3) is 0 Å². The van der Waals surface area contributed by atoms with Crippen LogP contribution in [0.4, 0.5) is 0 Å².